The monoisotopic (exact) mass is 390 g/mol. The van der Waals surface area contributed by atoms with Gasteiger partial charge in [0.05, 0.1) is 22.5 Å². The van der Waals surface area contributed by atoms with Crippen LogP contribution in [0.5, 0.6) is 0 Å². The molecule has 0 saturated heterocycles. The van der Waals surface area contributed by atoms with E-state index < -0.39 is 0 Å². The van der Waals surface area contributed by atoms with Crippen molar-refractivity contribution in [1.82, 2.24) is 9.80 Å². The van der Waals surface area contributed by atoms with Gasteiger partial charge in [0.1, 0.15) is 0 Å². The summed E-state index contributed by atoms with van der Waals surface area (Å²) in [6, 6.07) is 14.1. The van der Waals surface area contributed by atoms with Crippen LogP contribution in [-0.2, 0) is 17.6 Å². The van der Waals surface area contributed by atoms with Crippen LogP contribution in [0.25, 0.3) is 0 Å². The molecule has 0 bridgehead atoms. The van der Waals surface area contributed by atoms with E-state index in [4.69, 9.17) is 23.2 Å². The Morgan fingerprint density at radius 2 is 1.92 bits per heavy atom. The summed E-state index contributed by atoms with van der Waals surface area (Å²) in [6.07, 6.45) is 1.22. The maximum absolute atomic E-state index is 13.1. The molecular weight excluding hydrogens is 367 g/mol. The van der Waals surface area contributed by atoms with E-state index in [0.29, 0.717) is 16.5 Å². The lowest BCUT2D eigenvalue weighted by atomic mass is 9.88. The predicted octanol–water partition coefficient (Wildman–Crippen LogP) is 4.61. The second kappa shape index (κ2) is 7.99. The van der Waals surface area contributed by atoms with Crippen LogP contribution >= 0.6 is 23.2 Å². The minimum atomic E-state index is 0.0465. The van der Waals surface area contributed by atoms with E-state index in [9.17, 15) is 4.79 Å². The zero-order valence-electron chi connectivity index (χ0n) is 15.4. The Kier molecular flexibility index (Phi) is 5.91. The van der Waals surface area contributed by atoms with Gasteiger partial charge in [0.15, 0.2) is 0 Å². The largest absolute Gasteiger partial charge is 0.333 e. The van der Waals surface area contributed by atoms with Gasteiger partial charge < -0.3 is 9.80 Å². The Hall–Kier alpha value is -1.55. The third-order valence-corrected chi connectivity index (χ3v) is 6.00. The normalized spacial score (nSPS) is 17.9. The van der Waals surface area contributed by atoms with Gasteiger partial charge in [-0.1, -0.05) is 53.5 Å². The average molecular weight is 391 g/mol. The Morgan fingerprint density at radius 3 is 2.62 bits per heavy atom. The van der Waals surface area contributed by atoms with Gasteiger partial charge in [-0.05, 0) is 56.3 Å². The Balaban J connectivity index is 1.89. The summed E-state index contributed by atoms with van der Waals surface area (Å²) in [5.41, 5.74) is 3.48. The topological polar surface area (TPSA) is 23.6 Å². The number of carbonyl (C=O) groups is 1. The standard InChI is InChI=1S/C21H24Cl2N2O/c1-14(24(2)3)21-17-7-5-4-6-16(17)10-11-25(21)20(26)13-15-8-9-18(22)19(23)12-15/h4-9,12,14,21H,10-11,13H2,1-3H3. The van der Waals surface area contributed by atoms with E-state index in [1.165, 1.54) is 11.1 Å². The summed E-state index contributed by atoms with van der Waals surface area (Å²) < 4.78 is 0. The molecule has 0 spiro atoms. The molecule has 1 aliphatic rings. The second-order valence-corrected chi connectivity index (χ2v) is 7.92. The van der Waals surface area contributed by atoms with Crippen LogP contribution < -0.4 is 0 Å². The lowest BCUT2D eigenvalue weighted by Crippen LogP contribution is -2.48. The minimum Gasteiger partial charge on any atom is -0.333 e. The number of amides is 1. The first-order chi connectivity index (χ1) is 12.4. The summed E-state index contributed by atoms with van der Waals surface area (Å²) in [5, 5.41) is 0.994. The average Bonchev–Trinajstić information content (AvgIpc) is 2.63. The van der Waals surface area contributed by atoms with Crippen LogP contribution in [0.2, 0.25) is 10.0 Å². The summed E-state index contributed by atoms with van der Waals surface area (Å²) >= 11 is 12.1. The molecule has 2 aromatic carbocycles. The summed E-state index contributed by atoms with van der Waals surface area (Å²) in [7, 11) is 4.12. The van der Waals surface area contributed by atoms with Crippen LogP contribution in [0, 0.1) is 0 Å². The SMILES string of the molecule is CC(C1c2ccccc2CCN1C(=O)Cc1ccc(Cl)c(Cl)c1)N(C)C. The number of likely N-dealkylation sites (N-methyl/N-ethyl adjacent to an activating group) is 1. The van der Waals surface area contributed by atoms with Crippen molar-refractivity contribution >= 4 is 29.1 Å². The van der Waals surface area contributed by atoms with E-state index in [1.807, 2.05) is 11.0 Å². The van der Waals surface area contributed by atoms with Crippen LogP contribution in [0.3, 0.4) is 0 Å². The Bertz CT molecular complexity index is 806. The summed E-state index contributed by atoms with van der Waals surface area (Å²) in [6.45, 7) is 2.91. The van der Waals surface area contributed by atoms with Crippen LogP contribution in [0.15, 0.2) is 42.5 Å². The van der Waals surface area contributed by atoms with Crippen molar-refractivity contribution in [2.45, 2.75) is 31.8 Å². The van der Waals surface area contributed by atoms with Gasteiger partial charge in [-0.2, -0.15) is 0 Å². The first-order valence-corrected chi connectivity index (χ1v) is 9.61. The van der Waals surface area contributed by atoms with Crippen molar-refractivity contribution < 1.29 is 4.79 Å². The fourth-order valence-corrected chi connectivity index (χ4v) is 3.93. The number of nitrogens with zero attached hydrogens (tertiary/aromatic N) is 2. The molecule has 0 aliphatic carbocycles. The van der Waals surface area contributed by atoms with Crippen molar-refractivity contribution in [2.75, 3.05) is 20.6 Å². The molecule has 2 aromatic rings. The predicted molar refractivity (Wildman–Crippen MR) is 108 cm³/mol. The highest BCUT2D eigenvalue weighted by Gasteiger charge is 2.35. The van der Waals surface area contributed by atoms with Crippen LogP contribution in [0.4, 0.5) is 0 Å². The maximum atomic E-state index is 13.1. The number of hydrogen-bond donors (Lipinski definition) is 0. The van der Waals surface area contributed by atoms with Crippen molar-refractivity contribution in [1.29, 1.82) is 0 Å². The lowest BCUT2D eigenvalue weighted by Gasteiger charge is -2.42. The molecule has 3 rings (SSSR count). The van der Waals surface area contributed by atoms with Crippen molar-refractivity contribution in [3.05, 3.63) is 69.2 Å². The molecule has 0 fully saturated rings. The number of halogens is 2. The van der Waals surface area contributed by atoms with Gasteiger partial charge in [0.2, 0.25) is 5.91 Å². The van der Waals surface area contributed by atoms with Crippen molar-refractivity contribution in [3.63, 3.8) is 0 Å². The van der Waals surface area contributed by atoms with E-state index in [1.54, 1.807) is 12.1 Å². The van der Waals surface area contributed by atoms with E-state index >= 15 is 0 Å². The Morgan fingerprint density at radius 1 is 1.19 bits per heavy atom. The zero-order chi connectivity index (χ0) is 18.8. The van der Waals surface area contributed by atoms with E-state index in [-0.39, 0.29) is 18.0 Å². The molecule has 1 heterocycles. The fourth-order valence-electron chi connectivity index (χ4n) is 3.61. The fraction of sp³-hybridized carbons (Fsp3) is 0.381. The molecule has 26 heavy (non-hydrogen) atoms. The van der Waals surface area contributed by atoms with Gasteiger partial charge in [-0.25, -0.2) is 0 Å². The highest BCUT2D eigenvalue weighted by atomic mass is 35.5. The smallest absolute Gasteiger partial charge is 0.227 e. The van der Waals surface area contributed by atoms with Crippen LogP contribution in [-0.4, -0.2) is 42.4 Å². The van der Waals surface area contributed by atoms with E-state index in [0.717, 1.165) is 18.5 Å². The summed E-state index contributed by atoms with van der Waals surface area (Å²) in [5.74, 6) is 0.122. The van der Waals surface area contributed by atoms with Crippen molar-refractivity contribution in [3.8, 4) is 0 Å². The quantitative estimate of drug-likeness (QED) is 0.760. The van der Waals surface area contributed by atoms with Gasteiger partial charge >= 0.3 is 0 Å². The molecule has 3 nitrogen and oxygen atoms in total. The van der Waals surface area contributed by atoms with Crippen LogP contribution in [0.1, 0.15) is 29.7 Å². The van der Waals surface area contributed by atoms with Gasteiger partial charge in [0.25, 0.3) is 0 Å². The first kappa shape index (κ1) is 19.2. The molecule has 0 radical (unpaired) electrons. The minimum absolute atomic E-state index is 0.0465. The maximum Gasteiger partial charge on any atom is 0.227 e. The van der Waals surface area contributed by atoms with E-state index in [2.05, 4.69) is 50.2 Å². The molecule has 0 N–H and O–H groups in total. The lowest BCUT2D eigenvalue weighted by molar-refractivity contribution is -0.134. The van der Waals surface area contributed by atoms with Gasteiger partial charge in [-0.3, -0.25) is 4.79 Å². The highest BCUT2D eigenvalue weighted by molar-refractivity contribution is 6.42. The molecule has 0 aromatic heterocycles. The molecule has 1 aliphatic heterocycles. The third kappa shape index (κ3) is 3.90. The van der Waals surface area contributed by atoms with Crippen molar-refractivity contribution in [2.24, 2.45) is 0 Å². The first-order valence-electron chi connectivity index (χ1n) is 8.86. The van der Waals surface area contributed by atoms with Gasteiger partial charge in [0, 0.05) is 12.6 Å². The molecule has 5 heteroatoms. The molecule has 1 amide bonds. The highest BCUT2D eigenvalue weighted by Crippen LogP contribution is 2.34. The second-order valence-electron chi connectivity index (χ2n) is 7.11. The number of benzene rings is 2. The Labute approximate surface area is 165 Å². The number of hydrogen-bond acceptors (Lipinski definition) is 2. The molecule has 2 atom stereocenters. The summed E-state index contributed by atoms with van der Waals surface area (Å²) in [4.78, 5) is 17.3. The van der Waals surface area contributed by atoms with Gasteiger partial charge in [-0.15, -0.1) is 0 Å². The number of carbonyl (C=O) groups excluding carboxylic acids is 1. The zero-order valence-corrected chi connectivity index (χ0v) is 16.9. The molecule has 0 saturated carbocycles. The number of fused-ring (bicyclic) bond motifs is 1. The molecule has 2 unspecified atom stereocenters. The third-order valence-electron chi connectivity index (χ3n) is 5.26. The number of rotatable bonds is 4. The molecular formula is C21H24Cl2N2O. The molecule has 138 valence electrons.